The quantitative estimate of drug-likeness (QED) is 0.373. The monoisotopic (exact) mass is 411 g/mol. The van der Waals surface area contributed by atoms with Gasteiger partial charge in [0.05, 0.1) is 12.6 Å². The number of anilines is 3. The van der Waals surface area contributed by atoms with Crippen molar-refractivity contribution in [1.82, 2.24) is 15.0 Å². The van der Waals surface area contributed by atoms with Crippen LogP contribution in [-0.4, -0.2) is 22.1 Å². The van der Waals surface area contributed by atoms with Crippen molar-refractivity contribution < 1.29 is 4.74 Å². The SMILES string of the molecule is C=CNc1cc(Nc2nc(-c3cccnc3)nc3ccc(OC)cc23)ccc1CCC. The first-order valence-corrected chi connectivity index (χ1v) is 10.3. The van der Waals surface area contributed by atoms with E-state index in [1.165, 1.54) is 5.56 Å². The zero-order valence-corrected chi connectivity index (χ0v) is 17.7. The molecule has 31 heavy (non-hydrogen) atoms. The van der Waals surface area contributed by atoms with Crippen LogP contribution in [0.2, 0.25) is 0 Å². The number of ether oxygens (including phenoxy) is 1. The molecule has 0 amide bonds. The van der Waals surface area contributed by atoms with E-state index in [0.29, 0.717) is 11.6 Å². The topological polar surface area (TPSA) is 72.0 Å². The van der Waals surface area contributed by atoms with Gasteiger partial charge in [0.1, 0.15) is 11.6 Å². The Morgan fingerprint density at radius 3 is 2.74 bits per heavy atom. The molecule has 0 bridgehead atoms. The summed E-state index contributed by atoms with van der Waals surface area (Å²) in [5.74, 6) is 2.07. The smallest absolute Gasteiger partial charge is 0.163 e. The number of fused-ring (bicyclic) bond motifs is 1. The highest BCUT2D eigenvalue weighted by Crippen LogP contribution is 2.31. The molecule has 0 aliphatic carbocycles. The van der Waals surface area contributed by atoms with Gasteiger partial charge in [-0.1, -0.05) is 26.0 Å². The first-order chi connectivity index (χ1) is 15.2. The van der Waals surface area contributed by atoms with Crippen LogP contribution >= 0.6 is 0 Å². The largest absolute Gasteiger partial charge is 0.497 e. The van der Waals surface area contributed by atoms with Crippen LogP contribution in [0.5, 0.6) is 5.75 Å². The van der Waals surface area contributed by atoms with Gasteiger partial charge in [-0.3, -0.25) is 4.98 Å². The molecule has 4 rings (SSSR count). The lowest BCUT2D eigenvalue weighted by Gasteiger charge is -2.15. The molecular weight excluding hydrogens is 386 g/mol. The number of methoxy groups -OCH3 is 1. The summed E-state index contributed by atoms with van der Waals surface area (Å²) in [5.41, 5.74) is 4.88. The maximum absolute atomic E-state index is 5.42. The standard InChI is InChI=1S/C25H25N5O/c1-4-7-17-9-10-19(14-23(17)27-5-2)28-25-21-15-20(31-3)11-12-22(21)29-24(30-25)18-8-6-13-26-16-18/h5-6,8-16,27H,2,4,7H2,1,3H3,(H,28,29,30). The second kappa shape index (κ2) is 9.26. The van der Waals surface area contributed by atoms with Crippen LogP contribution in [0.15, 0.2) is 73.7 Å². The van der Waals surface area contributed by atoms with Crippen LogP contribution in [0.1, 0.15) is 18.9 Å². The molecule has 0 saturated heterocycles. The molecule has 2 heterocycles. The van der Waals surface area contributed by atoms with Crippen LogP contribution < -0.4 is 15.4 Å². The van der Waals surface area contributed by atoms with E-state index in [1.807, 2.05) is 30.3 Å². The summed E-state index contributed by atoms with van der Waals surface area (Å²) < 4.78 is 5.42. The minimum absolute atomic E-state index is 0.611. The number of aryl methyl sites for hydroxylation is 1. The molecule has 156 valence electrons. The predicted octanol–water partition coefficient (Wildman–Crippen LogP) is 5.95. The molecule has 0 aliphatic rings. The summed E-state index contributed by atoms with van der Waals surface area (Å²) in [6.45, 7) is 5.97. The van der Waals surface area contributed by atoms with Crippen LogP contribution in [0.3, 0.4) is 0 Å². The van der Waals surface area contributed by atoms with Gasteiger partial charge < -0.3 is 15.4 Å². The van der Waals surface area contributed by atoms with Crippen LogP contribution in [-0.2, 0) is 6.42 Å². The number of pyridine rings is 1. The summed E-state index contributed by atoms with van der Waals surface area (Å²) in [6, 6.07) is 15.9. The van der Waals surface area contributed by atoms with Crippen molar-refractivity contribution in [2.75, 3.05) is 17.7 Å². The maximum Gasteiger partial charge on any atom is 0.163 e. The predicted molar refractivity (Wildman–Crippen MR) is 127 cm³/mol. The first kappa shape index (κ1) is 20.3. The highest BCUT2D eigenvalue weighted by atomic mass is 16.5. The highest BCUT2D eigenvalue weighted by molar-refractivity contribution is 5.93. The third-order valence-corrected chi connectivity index (χ3v) is 4.97. The Bertz CT molecular complexity index is 1210. The molecule has 2 aromatic carbocycles. The fourth-order valence-corrected chi connectivity index (χ4v) is 3.48. The van der Waals surface area contributed by atoms with Gasteiger partial charge in [-0.15, -0.1) is 0 Å². The first-order valence-electron chi connectivity index (χ1n) is 10.3. The van der Waals surface area contributed by atoms with Gasteiger partial charge in [0, 0.05) is 34.7 Å². The van der Waals surface area contributed by atoms with Gasteiger partial charge in [0.15, 0.2) is 5.82 Å². The second-order valence-electron chi connectivity index (χ2n) is 7.12. The molecule has 0 fully saturated rings. The van der Waals surface area contributed by atoms with Gasteiger partial charge in [-0.2, -0.15) is 0 Å². The Morgan fingerprint density at radius 1 is 1.10 bits per heavy atom. The highest BCUT2D eigenvalue weighted by Gasteiger charge is 2.12. The molecule has 0 unspecified atom stereocenters. The van der Waals surface area contributed by atoms with E-state index in [2.05, 4.69) is 47.3 Å². The lowest BCUT2D eigenvalue weighted by molar-refractivity contribution is 0.415. The number of hydrogen-bond donors (Lipinski definition) is 2. The van der Waals surface area contributed by atoms with E-state index >= 15 is 0 Å². The Morgan fingerprint density at radius 2 is 2.00 bits per heavy atom. The van der Waals surface area contributed by atoms with E-state index in [0.717, 1.165) is 46.4 Å². The Kier molecular flexibility index (Phi) is 6.08. The zero-order valence-electron chi connectivity index (χ0n) is 17.7. The van der Waals surface area contributed by atoms with E-state index < -0.39 is 0 Å². The number of nitrogens with zero attached hydrogens (tertiary/aromatic N) is 3. The van der Waals surface area contributed by atoms with Crippen molar-refractivity contribution in [3.8, 4) is 17.1 Å². The molecule has 0 saturated carbocycles. The maximum atomic E-state index is 5.42. The molecule has 6 heteroatoms. The van der Waals surface area contributed by atoms with Crippen molar-refractivity contribution in [3.05, 3.63) is 79.3 Å². The summed E-state index contributed by atoms with van der Waals surface area (Å²) in [5, 5.41) is 7.60. The van der Waals surface area contributed by atoms with Crippen LogP contribution in [0.25, 0.3) is 22.3 Å². The number of nitrogens with one attached hydrogen (secondary N) is 2. The van der Waals surface area contributed by atoms with E-state index in [4.69, 9.17) is 14.7 Å². The van der Waals surface area contributed by atoms with Gasteiger partial charge in [0.2, 0.25) is 0 Å². The number of rotatable bonds is 8. The fraction of sp³-hybridized carbons (Fsp3) is 0.160. The number of hydrogen-bond acceptors (Lipinski definition) is 6. The third kappa shape index (κ3) is 4.48. The third-order valence-electron chi connectivity index (χ3n) is 4.97. The second-order valence-corrected chi connectivity index (χ2v) is 7.12. The summed E-state index contributed by atoms with van der Waals surface area (Å²) in [7, 11) is 1.65. The molecule has 0 spiro atoms. The number of benzene rings is 2. The molecule has 4 aromatic rings. The molecule has 6 nitrogen and oxygen atoms in total. The summed E-state index contributed by atoms with van der Waals surface area (Å²) in [4.78, 5) is 13.8. The lowest BCUT2D eigenvalue weighted by atomic mass is 10.1. The molecule has 2 aromatic heterocycles. The van der Waals surface area contributed by atoms with Gasteiger partial charge in [-0.25, -0.2) is 9.97 Å². The van der Waals surface area contributed by atoms with Gasteiger partial charge in [-0.05, 0) is 60.6 Å². The molecule has 0 aliphatic heterocycles. The number of aromatic nitrogens is 3. The van der Waals surface area contributed by atoms with Crippen molar-refractivity contribution in [2.24, 2.45) is 0 Å². The molecular formula is C25H25N5O. The zero-order chi connectivity index (χ0) is 21.6. The van der Waals surface area contributed by atoms with Crippen molar-refractivity contribution in [1.29, 1.82) is 0 Å². The van der Waals surface area contributed by atoms with E-state index in [-0.39, 0.29) is 0 Å². The molecule has 2 N–H and O–H groups in total. The van der Waals surface area contributed by atoms with Crippen LogP contribution in [0, 0.1) is 0 Å². The Hall–Kier alpha value is -3.93. The lowest BCUT2D eigenvalue weighted by Crippen LogP contribution is -2.01. The average Bonchev–Trinajstić information content (AvgIpc) is 2.81. The van der Waals surface area contributed by atoms with Gasteiger partial charge >= 0.3 is 0 Å². The molecule has 0 atom stereocenters. The fourth-order valence-electron chi connectivity index (χ4n) is 3.48. The van der Waals surface area contributed by atoms with E-state index in [1.54, 1.807) is 25.7 Å². The Balaban J connectivity index is 1.81. The Labute approximate surface area is 182 Å². The normalized spacial score (nSPS) is 10.6. The van der Waals surface area contributed by atoms with Crippen molar-refractivity contribution in [3.63, 3.8) is 0 Å². The van der Waals surface area contributed by atoms with Crippen molar-refractivity contribution >= 4 is 28.1 Å². The van der Waals surface area contributed by atoms with Crippen molar-refractivity contribution in [2.45, 2.75) is 19.8 Å². The summed E-state index contributed by atoms with van der Waals surface area (Å²) in [6.07, 6.45) is 7.27. The molecule has 0 radical (unpaired) electrons. The minimum atomic E-state index is 0.611. The van der Waals surface area contributed by atoms with Gasteiger partial charge in [0.25, 0.3) is 0 Å². The van der Waals surface area contributed by atoms with Crippen LogP contribution in [0.4, 0.5) is 17.2 Å². The average molecular weight is 412 g/mol. The summed E-state index contributed by atoms with van der Waals surface area (Å²) >= 11 is 0. The minimum Gasteiger partial charge on any atom is -0.497 e. The van der Waals surface area contributed by atoms with E-state index in [9.17, 15) is 0 Å².